The highest BCUT2D eigenvalue weighted by molar-refractivity contribution is 5.48. The lowest BCUT2D eigenvalue weighted by atomic mass is 10.0. The summed E-state index contributed by atoms with van der Waals surface area (Å²) in [5.41, 5.74) is 0.271. The lowest BCUT2D eigenvalue weighted by molar-refractivity contribution is 0.147. The van der Waals surface area contributed by atoms with Crippen LogP contribution in [0.1, 0.15) is 24.0 Å². The van der Waals surface area contributed by atoms with E-state index >= 15 is 0 Å². The average Bonchev–Trinajstić information content (AvgIpc) is 2.84. The van der Waals surface area contributed by atoms with Crippen molar-refractivity contribution in [3.63, 3.8) is 0 Å². The van der Waals surface area contributed by atoms with Crippen LogP contribution in [0.3, 0.4) is 0 Å². The highest BCUT2D eigenvalue weighted by Gasteiger charge is 2.43. The smallest absolute Gasteiger partial charge is 0.129 e. The zero-order valence-electron chi connectivity index (χ0n) is 7.26. The molecule has 0 radical (unpaired) electrons. The van der Waals surface area contributed by atoms with Gasteiger partial charge in [-0.2, -0.15) is 0 Å². The van der Waals surface area contributed by atoms with Gasteiger partial charge in [0.2, 0.25) is 0 Å². The molecule has 13 heavy (non-hydrogen) atoms. The summed E-state index contributed by atoms with van der Waals surface area (Å²) < 4.78 is 13.4. The van der Waals surface area contributed by atoms with Crippen LogP contribution in [0.4, 0.5) is 4.39 Å². The van der Waals surface area contributed by atoms with Gasteiger partial charge in [0.25, 0.3) is 0 Å². The van der Waals surface area contributed by atoms with Gasteiger partial charge in [-0.15, -0.1) is 0 Å². The maximum atomic E-state index is 13.4. The molecule has 1 aromatic rings. The molecule has 0 aliphatic heterocycles. The van der Waals surface area contributed by atoms with E-state index in [-0.39, 0.29) is 5.82 Å². The lowest BCUT2D eigenvalue weighted by Gasteiger charge is -2.09. The van der Waals surface area contributed by atoms with Crippen LogP contribution < -0.4 is 0 Å². The second kappa shape index (κ2) is 2.67. The third kappa shape index (κ3) is 1.38. The van der Waals surface area contributed by atoms with Crippen LogP contribution in [0.25, 0.3) is 6.08 Å². The Bertz CT molecular complexity index is 353. The molecule has 1 N–H and O–H groups in total. The van der Waals surface area contributed by atoms with Gasteiger partial charge < -0.3 is 5.11 Å². The summed E-state index contributed by atoms with van der Waals surface area (Å²) in [5, 5.41) is 9.68. The van der Waals surface area contributed by atoms with Crippen LogP contribution in [0.5, 0.6) is 0 Å². The van der Waals surface area contributed by atoms with Gasteiger partial charge in [-0.25, -0.2) is 4.39 Å². The first-order chi connectivity index (χ1) is 6.15. The SMILES string of the molecule is C=Cc1ccc(C2(O)CC2)c(F)c1. The minimum Gasteiger partial charge on any atom is -0.385 e. The van der Waals surface area contributed by atoms with E-state index in [1.165, 1.54) is 6.07 Å². The van der Waals surface area contributed by atoms with Gasteiger partial charge in [0.1, 0.15) is 5.82 Å². The predicted octanol–water partition coefficient (Wildman–Crippen LogP) is 2.45. The molecular formula is C11H11FO. The molecule has 2 rings (SSSR count). The van der Waals surface area contributed by atoms with Gasteiger partial charge >= 0.3 is 0 Å². The normalized spacial score (nSPS) is 18.3. The van der Waals surface area contributed by atoms with Crippen molar-refractivity contribution in [2.45, 2.75) is 18.4 Å². The Morgan fingerprint density at radius 3 is 2.62 bits per heavy atom. The molecule has 1 nitrogen and oxygen atoms in total. The van der Waals surface area contributed by atoms with Gasteiger partial charge in [0.05, 0.1) is 5.60 Å². The first kappa shape index (κ1) is 8.45. The lowest BCUT2D eigenvalue weighted by Crippen LogP contribution is -2.07. The molecule has 1 aromatic carbocycles. The van der Waals surface area contributed by atoms with Crippen molar-refractivity contribution in [2.75, 3.05) is 0 Å². The zero-order valence-corrected chi connectivity index (χ0v) is 7.26. The van der Waals surface area contributed by atoms with E-state index in [2.05, 4.69) is 6.58 Å². The summed E-state index contributed by atoms with van der Waals surface area (Å²) >= 11 is 0. The van der Waals surface area contributed by atoms with E-state index in [0.717, 1.165) is 5.56 Å². The molecule has 1 fully saturated rings. The van der Waals surface area contributed by atoms with Gasteiger partial charge in [-0.3, -0.25) is 0 Å². The molecule has 0 spiro atoms. The number of halogens is 1. The molecule has 1 aliphatic carbocycles. The van der Waals surface area contributed by atoms with Crippen molar-refractivity contribution in [2.24, 2.45) is 0 Å². The Hall–Kier alpha value is -1.15. The van der Waals surface area contributed by atoms with E-state index in [1.54, 1.807) is 18.2 Å². The maximum absolute atomic E-state index is 13.4. The second-order valence-electron chi connectivity index (χ2n) is 3.47. The first-order valence-corrected chi connectivity index (χ1v) is 4.30. The van der Waals surface area contributed by atoms with Crippen molar-refractivity contribution in [1.82, 2.24) is 0 Å². The van der Waals surface area contributed by atoms with E-state index in [9.17, 15) is 9.50 Å². The standard InChI is InChI=1S/C11H11FO/c1-2-8-3-4-9(10(12)7-8)11(13)5-6-11/h2-4,7,13H,1,5-6H2. The van der Waals surface area contributed by atoms with Crippen molar-refractivity contribution < 1.29 is 9.50 Å². The summed E-state index contributed by atoms with van der Waals surface area (Å²) in [5.74, 6) is -0.336. The fourth-order valence-corrected chi connectivity index (χ4v) is 1.42. The number of aliphatic hydroxyl groups is 1. The van der Waals surface area contributed by atoms with Crippen molar-refractivity contribution >= 4 is 6.08 Å². The van der Waals surface area contributed by atoms with Crippen LogP contribution >= 0.6 is 0 Å². The van der Waals surface area contributed by atoms with Crippen LogP contribution in [-0.4, -0.2) is 5.11 Å². The van der Waals surface area contributed by atoms with E-state index in [4.69, 9.17) is 0 Å². The van der Waals surface area contributed by atoms with E-state index < -0.39 is 5.60 Å². The molecule has 0 unspecified atom stereocenters. The van der Waals surface area contributed by atoms with Crippen LogP contribution in [0, 0.1) is 5.82 Å². The maximum Gasteiger partial charge on any atom is 0.129 e. The van der Waals surface area contributed by atoms with Crippen LogP contribution in [0.15, 0.2) is 24.8 Å². The monoisotopic (exact) mass is 178 g/mol. The predicted molar refractivity (Wildman–Crippen MR) is 49.6 cm³/mol. The molecule has 0 heterocycles. The fraction of sp³-hybridized carbons (Fsp3) is 0.273. The van der Waals surface area contributed by atoms with Crippen LogP contribution in [-0.2, 0) is 5.60 Å². The highest BCUT2D eigenvalue weighted by Crippen LogP contribution is 2.46. The minimum absolute atomic E-state index is 0.336. The molecule has 0 aromatic heterocycles. The number of benzene rings is 1. The number of hydrogen-bond donors (Lipinski definition) is 1. The Balaban J connectivity index is 2.43. The second-order valence-corrected chi connectivity index (χ2v) is 3.47. The zero-order chi connectivity index (χ0) is 9.47. The molecule has 1 saturated carbocycles. The van der Waals surface area contributed by atoms with Crippen molar-refractivity contribution in [1.29, 1.82) is 0 Å². The summed E-state index contributed by atoms with van der Waals surface area (Å²) in [6, 6.07) is 4.81. The minimum atomic E-state index is -0.885. The summed E-state index contributed by atoms with van der Waals surface area (Å²) in [6.07, 6.45) is 2.92. The largest absolute Gasteiger partial charge is 0.385 e. The average molecular weight is 178 g/mol. The Kier molecular flexibility index (Phi) is 1.74. The molecule has 0 atom stereocenters. The quantitative estimate of drug-likeness (QED) is 0.737. The third-order valence-corrected chi connectivity index (χ3v) is 2.45. The molecular weight excluding hydrogens is 167 g/mol. The molecule has 0 amide bonds. The van der Waals surface area contributed by atoms with Gasteiger partial charge in [-0.05, 0) is 24.5 Å². The summed E-state index contributed by atoms with van der Waals surface area (Å²) in [4.78, 5) is 0. The number of rotatable bonds is 2. The first-order valence-electron chi connectivity index (χ1n) is 4.30. The van der Waals surface area contributed by atoms with E-state index in [1.807, 2.05) is 0 Å². The Labute approximate surface area is 76.5 Å². The third-order valence-electron chi connectivity index (χ3n) is 2.45. The summed E-state index contributed by atoms with van der Waals surface area (Å²) in [7, 11) is 0. The molecule has 1 aliphatic rings. The van der Waals surface area contributed by atoms with Crippen molar-refractivity contribution in [3.8, 4) is 0 Å². The van der Waals surface area contributed by atoms with E-state index in [0.29, 0.717) is 18.4 Å². The highest BCUT2D eigenvalue weighted by atomic mass is 19.1. The van der Waals surface area contributed by atoms with Crippen LogP contribution in [0.2, 0.25) is 0 Å². The van der Waals surface area contributed by atoms with Gasteiger partial charge in [0.15, 0.2) is 0 Å². The fourth-order valence-electron chi connectivity index (χ4n) is 1.42. The van der Waals surface area contributed by atoms with Gasteiger partial charge in [0, 0.05) is 5.56 Å². The molecule has 68 valence electrons. The molecule has 0 bridgehead atoms. The topological polar surface area (TPSA) is 20.2 Å². The Morgan fingerprint density at radius 1 is 1.46 bits per heavy atom. The van der Waals surface area contributed by atoms with Gasteiger partial charge in [-0.1, -0.05) is 24.8 Å². The number of hydrogen-bond acceptors (Lipinski definition) is 1. The van der Waals surface area contributed by atoms with Crippen molar-refractivity contribution in [3.05, 3.63) is 41.7 Å². The molecule has 0 saturated heterocycles. The Morgan fingerprint density at radius 2 is 2.15 bits per heavy atom. The molecule has 2 heteroatoms. The summed E-state index contributed by atoms with van der Waals surface area (Å²) in [6.45, 7) is 3.55.